The lowest BCUT2D eigenvalue weighted by Gasteiger charge is -2.24. The fraction of sp³-hybridized carbons (Fsp3) is 0.600. The van der Waals surface area contributed by atoms with E-state index in [1.807, 2.05) is 4.98 Å². The van der Waals surface area contributed by atoms with Gasteiger partial charge in [-0.3, -0.25) is 9.55 Å². The van der Waals surface area contributed by atoms with Crippen LogP contribution in [-0.2, 0) is 4.74 Å². The fourth-order valence-corrected chi connectivity index (χ4v) is 2.15. The molecule has 112 valence electrons. The Morgan fingerprint density at radius 1 is 1.60 bits per heavy atom. The maximum Gasteiger partial charge on any atom is 0.328 e. The number of nitrogens with one attached hydrogen (secondary N) is 1. The Morgan fingerprint density at radius 2 is 2.20 bits per heavy atom. The number of H-pyrrole nitrogens is 1. The molecule has 1 aromatic rings. The summed E-state index contributed by atoms with van der Waals surface area (Å²) in [6.45, 7) is -0.560. The third-order valence-corrected chi connectivity index (χ3v) is 3.42. The van der Waals surface area contributed by atoms with Crippen molar-refractivity contribution in [2.45, 2.75) is 30.8 Å². The maximum atomic E-state index is 14.4. The molecule has 1 unspecified atom stereocenters. The van der Waals surface area contributed by atoms with Crippen molar-refractivity contribution in [2.75, 3.05) is 6.61 Å². The molecule has 0 aromatic carbocycles. The second kappa shape index (κ2) is 4.65. The summed E-state index contributed by atoms with van der Waals surface area (Å²) in [7, 11) is 0. The Balaban J connectivity index is 2.57. The van der Waals surface area contributed by atoms with Crippen LogP contribution in [0, 0.1) is 10.5 Å². The molecule has 2 rings (SSSR count). The molecule has 0 bridgehead atoms. The SMILES string of the molecule is CC1(F)[C@@H](O)[C@@](F)(CO)O[C@H]1n1cc(F)c(=S)[nH]c1=O. The second-order valence-corrected chi connectivity index (χ2v) is 5.02. The molecule has 2 heterocycles. The molecular weight excluding hydrogens is 301 g/mol. The molecular formula is C10H11F3N2O4S. The van der Waals surface area contributed by atoms with Crippen LogP contribution in [0.2, 0.25) is 0 Å². The van der Waals surface area contributed by atoms with E-state index in [9.17, 15) is 23.1 Å². The molecule has 0 amide bonds. The van der Waals surface area contributed by atoms with Crippen LogP contribution in [0.5, 0.6) is 0 Å². The Bertz CT molecular complexity index is 646. The van der Waals surface area contributed by atoms with Crippen molar-refractivity contribution in [2.24, 2.45) is 0 Å². The molecule has 6 nitrogen and oxygen atoms in total. The average molecular weight is 312 g/mol. The van der Waals surface area contributed by atoms with Crippen LogP contribution < -0.4 is 5.69 Å². The lowest BCUT2D eigenvalue weighted by atomic mass is 9.97. The van der Waals surface area contributed by atoms with E-state index >= 15 is 0 Å². The Morgan fingerprint density at radius 3 is 2.70 bits per heavy atom. The second-order valence-electron chi connectivity index (χ2n) is 4.61. The van der Waals surface area contributed by atoms with Gasteiger partial charge in [-0.25, -0.2) is 18.0 Å². The summed E-state index contributed by atoms with van der Waals surface area (Å²) in [5.41, 5.74) is -3.82. The molecule has 1 fully saturated rings. The van der Waals surface area contributed by atoms with Crippen LogP contribution in [0.1, 0.15) is 13.2 Å². The maximum absolute atomic E-state index is 14.4. The molecule has 0 saturated carbocycles. The van der Waals surface area contributed by atoms with Gasteiger partial charge in [-0.1, -0.05) is 12.2 Å². The first-order chi connectivity index (χ1) is 9.13. The minimum absolute atomic E-state index is 0.394. The molecule has 3 N–H and O–H groups in total. The van der Waals surface area contributed by atoms with Gasteiger partial charge >= 0.3 is 5.69 Å². The van der Waals surface area contributed by atoms with E-state index in [1.54, 1.807) is 0 Å². The molecule has 1 aliphatic rings. The van der Waals surface area contributed by atoms with Gasteiger partial charge in [0, 0.05) is 0 Å². The van der Waals surface area contributed by atoms with Gasteiger partial charge in [-0.05, 0) is 6.92 Å². The summed E-state index contributed by atoms with van der Waals surface area (Å²) < 4.78 is 46.2. The highest BCUT2D eigenvalue weighted by molar-refractivity contribution is 7.71. The van der Waals surface area contributed by atoms with E-state index in [0.29, 0.717) is 10.8 Å². The lowest BCUT2D eigenvalue weighted by Crippen LogP contribution is -2.46. The third-order valence-electron chi connectivity index (χ3n) is 3.13. The average Bonchev–Trinajstić information content (AvgIpc) is 2.56. The molecule has 0 spiro atoms. The first-order valence-corrected chi connectivity index (χ1v) is 5.90. The monoisotopic (exact) mass is 312 g/mol. The first kappa shape index (κ1) is 15.2. The summed E-state index contributed by atoms with van der Waals surface area (Å²) in [5, 5.41) is 18.4. The van der Waals surface area contributed by atoms with Crippen molar-refractivity contribution in [3.63, 3.8) is 0 Å². The van der Waals surface area contributed by atoms with Crippen LogP contribution >= 0.6 is 12.2 Å². The summed E-state index contributed by atoms with van der Waals surface area (Å²) >= 11 is 4.48. The van der Waals surface area contributed by atoms with E-state index in [0.717, 1.165) is 6.92 Å². The number of aliphatic hydroxyl groups is 2. The highest BCUT2D eigenvalue weighted by Crippen LogP contribution is 2.46. The zero-order valence-electron chi connectivity index (χ0n) is 10.1. The Kier molecular flexibility index (Phi) is 3.53. The highest BCUT2D eigenvalue weighted by atomic mass is 32.1. The number of aliphatic hydroxyl groups excluding tert-OH is 2. The molecule has 4 atom stereocenters. The van der Waals surface area contributed by atoms with Gasteiger partial charge in [0.2, 0.25) is 0 Å². The Labute approximate surface area is 115 Å². The minimum Gasteiger partial charge on any atom is -0.390 e. The van der Waals surface area contributed by atoms with Crippen molar-refractivity contribution >= 4 is 12.2 Å². The zero-order chi connectivity index (χ0) is 15.3. The van der Waals surface area contributed by atoms with Gasteiger partial charge in [0.15, 0.2) is 23.8 Å². The van der Waals surface area contributed by atoms with Gasteiger partial charge in [-0.15, -0.1) is 0 Å². The van der Waals surface area contributed by atoms with Crippen LogP contribution in [0.3, 0.4) is 0 Å². The summed E-state index contributed by atoms with van der Waals surface area (Å²) in [6.07, 6.45) is -3.79. The number of hydrogen-bond donors (Lipinski definition) is 3. The standard InChI is InChI=1S/C10H11F3N2O4S/c1-9(12)6(17)10(13,3-16)19-7(9)15-2-4(11)5(20)14-8(15)18/h2,6-7,16-17H,3H2,1H3,(H,14,18,20)/t6-,7-,9?,10-/m1/s1. The number of ether oxygens (including phenoxy) is 1. The quantitative estimate of drug-likeness (QED) is 0.685. The molecule has 0 aliphatic carbocycles. The number of alkyl halides is 2. The number of aromatic nitrogens is 2. The van der Waals surface area contributed by atoms with Crippen molar-refractivity contribution in [3.05, 3.63) is 27.1 Å². The topological polar surface area (TPSA) is 87.5 Å². The van der Waals surface area contributed by atoms with Gasteiger partial charge in [0.1, 0.15) is 11.2 Å². The normalized spacial score (nSPS) is 37.3. The van der Waals surface area contributed by atoms with Crippen molar-refractivity contribution < 1.29 is 28.1 Å². The molecule has 1 saturated heterocycles. The van der Waals surface area contributed by atoms with E-state index in [1.165, 1.54) is 0 Å². The largest absolute Gasteiger partial charge is 0.390 e. The summed E-state index contributed by atoms with van der Waals surface area (Å²) in [4.78, 5) is 13.5. The molecule has 1 aliphatic heterocycles. The van der Waals surface area contributed by atoms with Crippen molar-refractivity contribution in [1.29, 1.82) is 0 Å². The predicted octanol–water partition coefficient (Wildman–Crippen LogP) is 0.321. The number of aromatic amines is 1. The van der Waals surface area contributed by atoms with E-state index in [2.05, 4.69) is 17.0 Å². The summed E-state index contributed by atoms with van der Waals surface area (Å²) in [6, 6.07) is 0. The molecule has 1 aromatic heterocycles. The Hall–Kier alpha value is -1.23. The van der Waals surface area contributed by atoms with Crippen LogP contribution in [0.4, 0.5) is 13.2 Å². The number of nitrogens with zero attached hydrogens (tertiary/aromatic N) is 1. The third kappa shape index (κ3) is 2.08. The van der Waals surface area contributed by atoms with Crippen molar-refractivity contribution in [3.8, 4) is 0 Å². The highest BCUT2D eigenvalue weighted by Gasteiger charge is 2.64. The fourth-order valence-electron chi connectivity index (χ4n) is 2.01. The smallest absolute Gasteiger partial charge is 0.328 e. The molecule has 10 heteroatoms. The minimum atomic E-state index is -3.10. The van der Waals surface area contributed by atoms with Crippen LogP contribution in [0.15, 0.2) is 11.0 Å². The van der Waals surface area contributed by atoms with E-state index < -0.39 is 46.6 Å². The van der Waals surface area contributed by atoms with E-state index in [-0.39, 0.29) is 0 Å². The van der Waals surface area contributed by atoms with Crippen molar-refractivity contribution in [1.82, 2.24) is 9.55 Å². The predicted molar refractivity (Wildman–Crippen MR) is 62.4 cm³/mol. The van der Waals surface area contributed by atoms with Gasteiger partial charge in [0.25, 0.3) is 5.85 Å². The van der Waals surface area contributed by atoms with Crippen LogP contribution in [-0.4, -0.2) is 44.0 Å². The van der Waals surface area contributed by atoms with E-state index in [4.69, 9.17) is 5.11 Å². The van der Waals surface area contributed by atoms with Crippen LogP contribution in [0.25, 0.3) is 0 Å². The lowest BCUT2D eigenvalue weighted by molar-refractivity contribution is -0.207. The number of halogens is 3. The number of rotatable bonds is 2. The number of hydrogen-bond acceptors (Lipinski definition) is 5. The first-order valence-electron chi connectivity index (χ1n) is 5.49. The summed E-state index contributed by atoms with van der Waals surface area (Å²) in [5.74, 6) is -4.15. The molecule has 20 heavy (non-hydrogen) atoms. The van der Waals surface area contributed by atoms with Gasteiger partial charge in [0.05, 0.1) is 6.20 Å². The van der Waals surface area contributed by atoms with Gasteiger partial charge < -0.3 is 14.9 Å². The zero-order valence-corrected chi connectivity index (χ0v) is 11.0. The van der Waals surface area contributed by atoms with Gasteiger partial charge in [-0.2, -0.15) is 0 Å². The molecule has 0 radical (unpaired) electrons.